The number of carbonyl (C=O) groups is 1. The number of ketones is 1. The largest absolute Gasteiger partial charge is 0.573 e. The Morgan fingerprint density at radius 1 is 1.23 bits per heavy atom. The SMILES string of the molecule is O=C(Cc1cccc(OC(F)(F)F)c1)C1CC2CCC(C1)N2. The molecule has 1 aromatic carbocycles. The van der Waals surface area contributed by atoms with Crippen molar-refractivity contribution in [1.82, 2.24) is 5.32 Å². The molecule has 2 heterocycles. The third-order valence-corrected chi connectivity index (χ3v) is 4.44. The molecule has 2 saturated heterocycles. The van der Waals surface area contributed by atoms with Gasteiger partial charge in [-0.15, -0.1) is 13.2 Å². The molecule has 2 bridgehead atoms. The third kappa shape index (κ3) is 3.80. The summed E-state index contributed by atoms with van der Waals surface area (Å²) in [6, 6.07) is 6.53. The Kier molecular flexibility index (Phi) is 4.12. The standard InChI is InChI=1S/C16H18F3NO2/c17-16(18,19)22-14-3-1-2-10(6-14)7-15(21)11-8-12-4-5-13(9-11)20-12/h1-3,6,11-13,20H,4-5,7-9H2. The summed E-state index contributed by atoms with van der Waals surface area (Å²) in [4.78, 5) is 12.4. The van der Waals surface area contributed by atoms with E-state index in [1.165, 1.54) is 18.2 Å². The highest BCUT2D eigenvalue weighted by atomic mass is 19.4. The first kappa shape index (κ1) is 15.3. The first-order valence-corrected chi connectivity index (χ1v) is 7.52. The molecule has 0 amide bonds. The van der Waals surface area contributed by atoms with Gasteiger partial charge < -0.3 is 10.1 Å². The van der Waals surface area contributed by atoms with Crippen molar-refractivity contribution in [1.29, 1.82) is 0 Å². The third-order valence-electron chi connectivity index (χ3n) is 4.44. The van der Waals surface area contributed by atoms with E-state index in [0.29, 0.717) is 17.6 Å². The van der Waals surface area contributed by atoms with Gasteiger partial charge in [-0.2, -0.15) is 0 Å². The van der Waals surface area contributed by atoms with Crippen LogP contribution in [0, 0.1) is 5.92 Å². The summed E-state index contributed by atoms with van der Waals surface area (Å²) < 4.78 is 40.6. The Morgan fingerprint density at radius 3 is 2.55 bits per heavy atom. The van der Waals surface area contributed by atoms with E-state index < -0.39 is 6.36 Å². The molecule has 1 aromatic rings. The molecule has 120 valence electrons. The fraction of sp³-hybridized carbons (Fsp3) is 0.562. The summed E-state index contributed by atoms with van der Waals surface area (Å²) in [7, 11) is 0. The number of rotatable bonds is 4. The van der Waals surface area contributed by atoms with E-state index in [1.807, 2.05) is 0 Å². The van der Waals surface area contributed by atoms with Gasteiger partial charge in [-0.1, -0.05) is 12.1 Å². The molecule has 22 heavy (non-hydrogen) atoms. The first-order valence-electron chi connectivity index (χ1n) is 7.52. The number of piperidine rings is 1. The predicted molar refractivity (Wildman–Crippen MR) is 74.5 cm³/mol. The summed E-state index contributed by atoms with van der Waals surface area (Å²) >= 11 is 0. The highest BCUT2D eigenvalue weighted by Gasteiger charge is 2.36. The van der Waals surface area contributed by atoms with Crippen molar-refractivity contribution in [2.45, 2.75) is 50.6 Å². The van der Waals surface area contributed by atoms with E-state index in [-0.39, 0.29) is 23.9 Å². The fourth-order valence-electron chi connectivity index (χ4n) is 3.52. The van der Waals surface area contributed by atoms with Crippen LogP contribution in [0.5, 0.6) is 5.75 Å². The molecule has 2 unspecified atom stereocenters. The van der Waals surface area contributed by atoms with Crippen molar-refractivity contribution in [3.05, 3.63) is 29.8 Å². The van der Waals surface area contributed by atoms with Crippen molar-refractivity contribution in [3.8, 4) is 5.75 Å². The smallest absolute Gasteiger partial charge is 0.406 e. The molecule has 0 saturated carbocycles. The maximum atomic E-state index is 12.4. The number of hydrogen-bond donors (Lipinski definition) is 1. The van der Waals surface area contributed by atoms with Gasteiger partial charge in [-0.25, -0.2) is 0 Å². The van der Waals surface area contributed by atoms with Crippen LogP contribution in [0.2, 0.25) is 0 Å². The van der Waals surface area contributed by atoms with Crippen LogP contribution in [0.1, 0.15) is 31.2 Å². The predicted octanol–water partition coefficient (Wildman–Crippen LogP) is 3.23. The zero-order valence-corrected chi connectivity index (χ0v) is 12.0. The number of Topliss-reactive ketones (excluding diaryl/α,β-unsaturated/α-hetero) is 1. The number of ether oxygens (including phenoxy) is 1. The topological polar surface area (TPSA) is 38.3 Å². The molecular weight excluding hydrogens is 295 g/mol. The van der Waals surface area contributed by atoms with Crippen molar-refractivity contribution in [2.75, 3.05) is 0 Å². The lowest BCUT2D eigenvalue weighted by Crippen LogP contribution is -2.40. The van der Waals surface area contributed by atoms with Crippen LogP contribution >= 0.6 is 0 Å². The fourth-order valence-corrected chi connectivity index (χ4v) is 3.52. The van der Waals surface area contributed by atoms with Gasteiger partial charge in [0.2, 0.25) is 0 Å². The van der Waals surface area contributed by atoms with Crippen molar-refractivity contribution < 1.29 is 22.7 Å². The molecule has 0 spiro atoms. The summed E-state index contributed by atoms with van der Waals surface area (Å²) in [5.74, 6) is -0.142. The van der Waals surface area contributed by atoms with E-state index in [2.05, 4.69) is 10.1 Å². The number of benzene rings is 1. The second-order valence-electron chi connectivity index (χ2n) is 6.14. The van der Waals surface area contributed by atoms with Crippen molar-refractivity contribution in [3.63, 3.8) is 0 Å². The Hall–Kier alpha value is -1.56. The van der Waals surface area contributed by atoms with E-state index in [4.69, 9.17) is 0 Å². The Bertz CT molecular complexity index is 547. The van der Waals surface area contributed by atoms with Gasteiger partial charge in [0.15, 0.2) is 0 Å². The van der Waals surface area contributed by atoms with Crippen LogP contribution in [-0.4, -0.2) is 24.2 Å². The van der Waals surface area contributed by atoms with E-state index in [0.717, 1.165) is 25.7 Å². The summed E-state index contributed by atoms with van der Waals surface area (Å²) in [5, 5.41) is 3.48. The molecule has 2 aliphatic rings. The number of fused-ring (bicyclic) bond motifs is 2. The first-order chi connectivity index (χ1) is 10.4. The number of alkyl halides is 3. The monoisotopic (exact) mass is 313 g/mol. The van der Waals surface area contributed by atoms with E-state index in [9.17, 15) is 18.0 Å². The average Bonchev–Trinajstić information content (AvgIpc) is 2.76. The maximum absolute atomic E-state index is 12.4. The molecule has 2 atom stereocenters. The second kappa shape index (κ2) is 5.91. The van der Waals surface area contributed by atoms with Crippen LogP contribution in [0.25, 0.3) is 0 Å². The average molecular weight is 313 g/mol. The number of hydrogen-bond acceptors (Lipinski definition) is 3. The van der Waals surface area contributed by atoms with Gasteiger partial charge in [0.25, 0.3) is 0 Å². The molecule has 0 radical (unpaired) electrons. The van der Waals surface area contributed by atoms with Gasteiger partial charge in [0.05, 0.1) is 0 Å². The van der Waals surface area contributed by atoms with Crippen LogP contribution in [0.3, 0.4) is 0 Å². The van der Waals surface area contributed by atoms with Crippen LogP contribution in [0.15, 0.2) is 24.3 Å². The molecule has 3 nitrogen and oxygen atoms in total. The molecule has 0 aromatic heterocycles. The highest BCUT2D eigenvalue weighted by Crippen LogP contribution is 2.32. The minimum absolute atomic E-state index is 0.0194. The van der Waals surface area contributed by atoms with Gasteiger partial charge in [-0.05, 0) is 43.4 Å². The Morgan fingerprint density at radius 2 is 1.91 bits per heavy atom. The number of halogens is 3. The van der Waals surface area contributed by atoms with Gasteiger partial charge in [0.1, 0.15) is 11.5 Å². The number of carbonyl (C=O) groups excluding carboxylic acids is 1. The van der Waals surface area contributed by atoms with Crippen molar-refractivity contribution >= 4 is 5.78 Å². The van der Waals surface area contributed by atoms with Crippen LogP contribution in [0.4, 0.5) is 13.2 Å². The summed E-state index contributed by atoms with van der Waals surface area (Å²) in [6.45, 7) is 0. The minimum atomic E-state index is -4.71. The van der Waals surface area contributed by atoms with Gasteiger partial charge in [-0.3, -0.25) is 4.79 Å². The molecule has 2 aliphatic heterocycles. The minimum Gasteiger partial charge on any atom is -0.406 e. The molecule has 2 fully saturated rings. The normalized spacial score (nSPS) is 27.7. The summed E-state index contributed by atoms with van der Waals surface area (Å²) in [6.07, 6.45) is -0.634. The van der Waals surface area contributed by atoms with Crippen LogP contribution < -0.4 is 10.1 Å². The Labute approximate surface area is 126 Å². The van der Waals surface area contributed by atoms with Crippen LogP contribution in [-0.2, 0) is 11.2 Å². The van der Waals surface area contributed by atoms with E-state index >= 15 is 0 Å². The lowest BCUT2D eigenvalue weighted by Gasteiger charge is -2.28. The lowest BCUT2D eigenvalue weighted by molar-refractivity contribution is -0.274. The molecule has 6 heteroatoms. The maximum Gasteiger partial charge on any atom is 0.573 e. The molecular formula is C16H18F3NO2. The molecule has 0 aliphatic carbocycles. The highest BCUT2D eigenvalue weighted by molar-refractivity contribution is 5.83. The second-order valence-corrected chi connectivity index (χ2v) is 6.14. The number of nitrogens with one attached hydrogen (secondary N) is 1. The quantitative estimate of drug-likeness (QED) is 0.927. The molecule has 3 rings (SSSR count). The zero-order chi connectivity index (χ0) is 15.7. The van der Waals surface area contributed by atoms with Crippen molar-refractivity contribution in [2.24, 2.45) is 5.92 Å². The lowest BCUT2D eigenvalue weighted by atomic mass is 9.86. The molecule has 1 N–H and O–H groups in total. The Balaban J connectivity index is 1.63. The van der Waals surface area contributed by atoms with E-state index in [1.54, 1.807) is 6.07 Å². The van der Waals surface area contributed by atoms with Gasteiger partial charge >= 0.3 is 6.36 Å². The van der Waals surface area contributed by atoms with Gasteiger partial charge in [0, 0.05) is 24.4 Å². The zero-order valence-electron chi connectivity index (χ0n) is 12.0. The summed E-state index contributed by atoms with van der Waals surface area (Å²) in [5.41, 5.74) is 0.567.